The predicted molar refractivity (Wildman–Crippen MR) is 64.8 cm³/mol. The number of ether oxygens (including phenoxy) is 1. The van der Waals surface area contributed by atoms with Crippen molar-refractivity contribution >= 4 is 17.5 Å². The van der Waals surface area contributed by atoms with Gasteiger partial charge in [-0.05, 0) is 19.1 Å². The molecule has 1 aromatic rings. The summed E-state index contributed by atoms with van der Waals surface area (Å²) in [6.07, 6.45) is 0. The van der Waals surface area contributed by atoms with Gasteiger partial charge in [0.15, 0.2) is 0 Å². The molecule has 96 valence electrons. The Morgan fingerprint density at radius 2 is 2.33 bits per heavy atom. The highest BCUT2D eigenvalue weighted by molar-refractivity contribution is 6.34. The summed E-state index contributed by atoms with van der Waals surface area (Å²) in [6, 6.07) is 5.82. The molecule has 1 amide bonds. The Hall–Kier alpha value is -1.64. The van der Waals surface area contributed by atoms with Crippen molar-refractivity contribution < 1.29 is 13.9 Å². The standard InChI is InChI=1S/C12H12ClFN2O2/c1-12(6-15,7-18-2)16-11(17)8-4-3-5-9(14)10(8)13/h3-5H,7H2,1-2H3,(H,16,17)/t12-/m0/s1. The van der Waals surface area contributed by atoms with Crippen LogP contribution >= 0.6 is 11.6 Å². The molecule has 0 heterocycles. The molecule has 0 radical (unpaired) electrons. The van der Waals surface area contributed by atoms with Gasteiger partial charge in [-0.3, -0.25) is 4.79 Å². The van der Waals surface area contributed by atoms with E-state index < -0.39 is 17.3 Å². The van der Waals surface area contributed by atoms with Crippen molar-refractivity contribution in [2.45, 2.75) is 12.5 Å². The molecule has 0 saturated carbocycles. The summed E-state index contributed by atoms with van der Waals surface area (Å²) >= 11 is 5.69. The number of hydrogen-bond donors (Lipinski definition) is 1. The molecule has 4 nitrogen and oxygen atoms in total. The van der Waals surface area contributed by atoms with Crippen LogP contribution in [0.15, 0.2) is 18.2 Å². The first-order chi connectivity index (χ1) is 8.43. The molecule has 1 aromatic carbocycles. The van der Waals surface area contributed by atoms with Gasteiger partial charge >= 0.3 is 0 Å². The van der Waals surface area contributed by atoms with Gasteiger partial charge in [-0.2, -0.15) is 5.26 Å². The Kier molecular flexibility index (Phi) is 4.65. The van der Waals surface area contributed by atoms with Crippen LogP contribution in [-0.4, -0.2) is 25.2 Å². The first-order valence-corrected chi connectivity index (χ1v) is 5.48. The number of rotatable bonds is 4. The van der Waals surface area contributed by atoms with E-state index >= 15 is 0 Å². The number of nitrogens with zero attached hydrogens (tertiary/aromatic N) is 1. The Balaban J connectivity index is 2.96. The second-order valence-electron chi connectivity index (χ2n) is 3.93. The van der Waals surface area contributed by atoms with Crippen LogP contribution in [-0.2, 0) is 4.74 Å². The fourth-order valence-electron chi connectivity index (χ4n) is 1.38. The smallest absolute Gasteiger partial charge is 0.254 e. The molecule has 0 fully saturated rings. The first-order valence-electron chi connectivity index (χ1n) is 5.10. The van der Waals surface area contributed by atoms with Crippen LogP contribution < -0.4 is 5.32 Å². The Bertz CT molecular complexity index is 501. The molecule has 6 heteroatoms. The lowest BCUT2D eigenvalue weighted by atomic mass is 10.1. The highest BCUT2D eigenvalue weighted by Crippen LogP contribution is 2.20. The van der Waals surface area contributed by atoms with Crippen molar-refractivity contribution in [2.75, 3.05) is 13.7 Å². The van der Waals surface area contributed by atoms with E-state index in [0.717, 1.165) is 6.07 Å². The molecule has 1 atom stereocenters. The largest absolute Gasteiger partial charge is 0.381 e. The quantitative estimate of drug-likeness (QED) is 0.912. The van der Waals surface area contributed by atoms with Crippen LogP contribution in [0.2, 0.25) is 5.02 Å². The topological polar surface area (TPSA) is 62.1 Å². The highest BCUT2D eigenvalue weighted by atomic mass is 35.5. The van der Waals surface area contributed by atoms with E-state index in [9.17, 15) is 9.18 Å². The zero-order chi connectivity index (χ0) is 13.8. The SMILES string of the molecule is COC[C@](C)(C#N)NC(=O)c1cccc(F)c1Cl. The van der Waals surface area contributed by atoms with E-state index in [2.05, 4.69) is 5.32 Å². The molecule has 0 aliphatic carbocycles. The van der Waals surface area contributed by atoms with E-state index in [0.29, 0.717) is 0 Å². The molecule has 0 aliphatic rings. The third kappa shape index (κ3) is 3.19. The van der Waals surface area contributed by atoms with Gasteiger partial charge in [0.2, 0.25) is 0 Å². The predicted octanol–water partition coefficient (Wildman–Crippen LogP) is 2.14. The van der Waals surface area contributed by atoms with Crippen molar-refractivity contribution in [3.63, 3.8) is 0 Å². The van der Waals surface area contributed by atoms with Crippen LogP contribution in [0.5, 0.6) is 0 Å². The minimum absolute atomic E-state index is 0.0160. The number of amides is 1. The lowest BCUT2D eigenvalue weighted by Crippen LogP contribution is -2.48. The summed E-state index contributed by atoms with van der Waals surface area (Å²) in [6.45, 7) is 1.52. The molecule has 18 heavy (non-hydrogen) atoms. The van der Waals surface area contributed by atoms with Gasteiger partial charge in [-0.25, -0.2) is 4.39 Å². The van der Waals surface area contributed by atoms with E-state index in [4.69, 9.17) is 21.6 Å². The minimum atomic E-state index is -1.19. The maximum atomic E-state index is 13.2. The van der Waals surface area contributed by atoms with E-state index in [-0.39, 0.29) is 17.2 Å². The molecule has 0 unspecified atom stereocenters. The molecular formula is C12H12ClFN2O2. The summed E-state index contributed by atoms with van der Waals surface area (Å²) in [7, 11) is 1.41. The minimum Gasteiger partial charge on any atom is -0.381 e. The first kappa shape index (κ1) is 14.4. The van der Waals surface area contributed by atoms with Crippen molar-refractivity contribution in [3.8, 4) is 6.07 Å². The number of nitriles is 1. The van der Waals surface area contributed by atoms with E-state index in [1.807, 2.05) is 6.07 Å². The highest BCUT2D eigenvalue weighted by Gasteiger charge is 2.27. The monoisotopic (exact) mass is 270 g/mol. The summed E-state index contributed by atoms with van der Waals surface area (Å²) in [5, 5.41) is 11.2. The lowest BCUT2D eigenvalue weighted by molar-refractivity contribution is 0.0860. The van der Waals surface area contributed by atoms with Crippen LogP contribution in [0.4, 0.5) is 4.39 Å². The number of carbonyl (C=O) groups is 1. The molecule has 0 aromatic heterocycles. The molecule has 0 saturated heterocycles. The molecule has 0 bridgehead atoms. The van der Waals surface area contributed by atoms with E-state index in [1.165, 1.54) is 26.2 Å². The number of benzene rings is 1. The van der Waals surface area contributed by atoms with Crippen molar-refractivity contribution in [3.05, 3.63) is 34.6 Å². The third-order valence-electron chi connectivity index (χ3n) is 2.27. The van der Waals surface area contributed by atoms with Gasteiger partial charge in [0.25, 0.3) is 5.91 Å². The van der Waals surface area contributed by atoms with Crippen LogP contribution in [0, 0.1) is 17.1 Å². The van der Waals surface area contributed by atoms with Crippen LogP contribution in [0.1, 0.15) is 17.3 Å². The average Bonchev–Trinajstić information content (AvgIpc) is 2.32. The van der Waals surface area contributed by atoms with Crippen LogP contribution in [0.25, 0.3) is 0 Å². The second-order valence-corrected chi connectivity index (χ2v) is 4.31. The van der Waals surface area contributed by atoms with E-state index in [1.54, 1.807) is 0 Å². The van der Waals surface area contributed by atoms with Crippen molar-refractivity contribution in [1.82, 2.24) is 5.32 Å². The maximum absolute atomic E-state index is 13.2. The number of methoxy groups -OCH3 is 1. The Morgan fingerprint density at radius 1 is 1.67 bits per heavy atom. The third-order valence-corrected chi connectivity index (χ3v) is 2.65. The molecule has 1 N–H and O–H groups in total. The van der Waals surface area contributed by atoms with Gasteiger partial charge in [-0.15, -0.1) is 0 Å². The number of halogens is 2. The zero-order valence-corrected chi connectivity index (χ0v) is 10.7. The van der Waals surface area contributed by atoms with Gasteiger partial charge in [0, 0.05) is 7.11 Å². The molecule has 1 rings (SSSR count). The second kappa shape index (κ2) is 5.80. The zero-order valence-electron chi connectivity index (χ0n) is 9.96. The van der Waals surface area contributed by atoms with Crippen molar-refractivity contribution in [1.29, 1.82) is 5.26 Å². The van der Waals surface area contributed by atoms with Gasteiger partial charge in [-0.1, -0.05) is 17.7 Å². The summed E-state index contributed by atoms with van der Waals surface area (Å²) in [5.41, 5.74) is -1.21. The molecule has 0 spiro atoms. The van der Waals surface area contributed by atoms with Crippen molar-refractivity contribution in [2.24, 2.45) is 0 Å². The maximum Gasteiger partial charge on any atom is 0.254 e. The molecular weight excluding hydrogens is 259 g/mol. The summed E-state index contributed by atoms with van der Waals surface area (Å²) in [4.78, 5) is 11.9. The summed E-state index contributed by atoms with van der Waals surface area (Å²) < 4.78 is 18.0. The molecule has 0 aliphatic heterocycles. The normalized spacial score (nSPS) is 13.5. The van der Waals surface area contributed by atoms with Crippen LogP contribution in [0.3, 0.4) is 0 Å². The number of carbonyl (C=O) groups excluding carboxylic acids is 1. The number of hydrogen-bond acceptors (Lipinski definition) is 3. The Morgan fingerprint density at radius 3 is 2.89 bits per heavy atom. The Labute approximate surface area is 109 Å². The average molecular weight is 271 g/mol. The number of nitrogens with one attached hydrogen (secondary N) is 1. The van der Waals surface area contributed by atoms with Gasteiger partial charge in [0.05, 0.1) is 23.3 Å². The fraction of sp³-hybridized carbons (Fsp3) is 0.333. The van der Waals surface area contributed by atoms with Gasteiger partial charge in [0.1, 0.15) is 11.4 Å². The lowest BCUT2D eigenvalue weighted by Gasteiger charge is -2.22. The van der Waals surface area contributed by atoms with Gasteiger partial charge < -0.3 is 10.1 Å². The summed E-state index contributed by atoms with van der Waals surface area (Å²) in [5.74, 6) is -1.31. The fourth-order valence-corrected chi connectivity index (χ4v) is 1.59.